The summed E-state index contributed by atoms with van der Waals surface area (Å²) in [7, 11) is 5.89. The van der Waals surface area contributed by atoms with Crippen molar-refractivity contribution < 1.29 is 4.55 Å². The van der Waals surface area contributed by atoms with Crippen molar-refractivity contribution in [2.45, 2.75) is 18.1 Å². The van der Waals surface area contributed by atoms with Gasteiger partial charge in [0.25, 0.3) is 0 Å². The Balaban J connectivity index is 2.34. The lowest BCUT2D eigenvalue weighted by Gasteiger charge is -2.31. The zero-order chi connectivity index (χ0) is 9.14. The minimum absolute atomic E-state index is 0.385. The van der Waals surface area contributed by atoms with E-state index in [1.54, 1.807) is 0 Å². The second-order valence-electron chi connectivity index (χ2n) is 3.59. The van der Waals surface area contributed by atoms with Crippen molar-refractivity contribution >= 4 is 11.4 Å². The predicted molar refractivity (Wildman–Crippen MR) is 52.3 cm³/mol. The van der Waals surface area contributed by atoms with Gasteiger partial charge >= 0.3 is 0 Å². The topological polar surface area (TPSA) is 29.5 Å². The predicted octanol–water partition coefficient (Wildman–Crippen LogP) is 0.306. The Hall–Kier alpha value is 0.230. The maximum atomic E-state index is 11.6. The molecule has 1 aliphatic rings. The lowest BCUT2D eigenvalue weighted by atomic mass is 10.1. The molecule has 1 atom stereocenters. The van der Waals surface area contributed by atoms with E-state index in [0.717, 1.165) is 25.9 Å². The second-order valence-corrected chi connectivity index (χ2v) is 5.54. The molecule has 1 rings (SSSR count). The van der Waals surface area contributed by atoms with Crippen LogP contribution in [0.25, 0.3) is 0 Å². The molecular formula is C8H18N2OS. The smallest absolute Gasteiger partial charge is 0.138 e. The molecule has 1 heterocycles. The van der Waals surface area contributed by atoms with Crippen molar-refractivity contribution in [2.75, 3.05) is 34.2 Å². The molecule has 0 spiro atoms. The van der Waals surface area contributed by atoms with E-state index in [9.17, 15) is 4.55 Å². The van der Waals surface area contributed by atoms with Gasteiger partial charge < -0.3 is 9.45 Å². The Kier molecular flexibility index (Phi) is 3.83. The summed E-state index contributed by atoms with van der Waals surface area (Å²) < 4.78 is 13.4. The molecular weight excluding hydrogens is 172 g/mol. The van der Waals surface area contributed by atoms with E-state index in [-0.39, 0.29) is 0 Å². The van der Waals surface area contributed by atoms with Gasteiger partial charge in [0.1, 0.15) is 5.25 Å². The minimum atomic E-state index is -0.766. The molecule has 1 unspecified atom stereocenters. The fourth-order valence-corrected chi connectivity index (χ4v) is 2.70. The van der Waals surface area contributed by atoms with Crippen LogP contribution in [0.15, 0.2) is 0 Å². The molecule has 0 N–H and O–H groups in total. The molecule has 3 nitrogen and oxygen atoms in total. The summed E-state index contributed by atoms with van der Waals surface area (Å²) >= 11 is -0.766. The zero-order valence-electron chi connectivity index (χ0n) is 8.12. The van der Waals surface area contributed by atoms with Crippen LogP contribution in [0.1, 0.15) is 12.8 Å². The number of rotatable bonds is 2. The molecule has 0 aromatic carbocycles. The molecule has 0 bridgehead atoms. The van der Waals surface area contributed by atoms with E-state index in [1.165, 1.54) is 0 Å². The first-order chi connectivity index (χ1) is 5.61. The third-order valence-electron chi connectivity index (χ3n) is 2.31. The van der Waals surface area contributed by atoms with Crippen molar-refractivity contribution in [3.63, 3.8) is 0 Å². The van der Waals surface area contributed by atoms with Crippen LogP contribution in [0.2, 0.25) is 0 Å². The lowest BCUT2D eigenvalue weighted by molar-refractivity contribution is 0.274. The number of piperidine rings is 1. The van der Waals surface area contributed by atoms with E-state index in [2.05, 4.69) is 11.9 Å². The fraction of sp³-hybridized carbons (Fsp3) is 1.00. The quantitative estimate of drug-likeness (QED) is 0.587. The monoisotopic (exact) mass is 190 g/mol. The van der Waals surface area contributed by atoms with Gasteiger partial charge in [0.2, 0.25) is 0 Å². The summed E-state index contributed by atoms with van der Waals surface area (Å²) in [5.74, 6) is 0. The Bertz CT molecular complexity index is 135. The molecule has 1 saturated heterocycles. The molecule has 12 heavy (non-hydrogen) atoms. The fourth-order valence-electron chi connectivity index (χ4n) is 1.48. The maximum absolute atomic E-state index is 11.6. The summed E-state index contributed by atoms with van der Waals surface area (Å²) in [5, 5.41) is 0.385. The third kappa shape index (κ3) is 2.62. The van der Waals surface area contributed by atoms with Crippen molar-refractivity contribution in [3.05, 3.63) is 0 Å². The molecule has 0 aromatic rings. The Morgan fingerprint density at radius 3 is 2.25 bits per heavy atom. The summed E-state index contributed by atoms with van der Waals surface area (Å²) in [5.41, 5.74) is 0. The van der Waals surface area contributed by atoms with Crippen molar-refractivity contribution in [2.24, 2.45) is 0 Å². The lowest BCUT2D eigenvalue weighted by Crippen LogP contribution is -2.41. The van der Waals surface area contributed by atoms with E-state index >= 15 is 0 Å². The Labute approximate surface area is 78.0 Å². The van der Waals surface area contributed by atoms with Gasteiger partial charge in [-0.1, -0.05) is 0 Å². The highest BCUT2D eigenvalue weighted by molar-refractivity contribution is 7.89. The average Bonchev–Trinajstić information content (AvgIpc) is 2.04. The Morgan fingerprint density at radius 2 is 1.83 bits per heavy atom. The second kappa shape index (κ2) is 4.46. The van der Waals surface area contributed by atoms with E-state index < -0.39 is 11.4 Å². The summed E-state index contributed by atoms with van der Waals surface area (Å²) in [6.07, 6.45) is 2.14. The summed E-state index contributed by atoms with van der Waals surface area (Å²) in [6, 6.07) is 0. The van der Waals surface area contributed by atoms with Gasteiger partial charge in [-0.15, -0.1) is 4.31 Å². The molecule has 0 saturated carbocycles. The van der Waals surface area contributed by atoms with Gasteiger partial charge in [-0.3, -0.25) is 0 Å². The Morgan fingerprint density at radius 1 is 1.33 bits per heavy atom. The summed E-state index contributed by atoms with van der Waals surface area (Å²) in [6.45, 7) is 2.18. The minimum Gasteiger partial charge on any atom is -0.598 e. The third-order valence-corrected chi connectivity index (χ3v) is 4.07. The van der Waals surface area contributed by atoms with Gasteiger partial charge in [-0.25, -0.2) is 0 Å². The van der Waals surface area contributed by atoms with Crippen molar-refractivity contribution in [1.82, 2.24) is 9.21 Å². The maximum Gasteiger partial charge on any atom is 0.138 e. The SMILES string of the molecule is CN1CCC([S+]([O-])N(C)C)CC1. The highest BCUT2D eigenvalue weighted by Gasteiger charge is 2.28. The van der Waals surface area contributed by atoms with Gasteiger partial charge in [0, 0.05) is 51.4 Å². The molecule has 1 fully saturated rings. The number of nitrogens with zero attached hydrogens (tertiary/aromatic N) is 2. The molecule has 72 valence electrons. The van der Waals surface area contributed by atoms with Gasteiger partial charge in [0.15, 0.2) is 0 Å². The largest absolute Gasteiger partial charge is 0.598 e. The molecule has 0 aliphatic carbocycles. The first-order valence-electron chi connectivity index (χ1n) is 4.38. The average molecular weight is 190 g/mol. The summed E-state index contributed by atoms with van der Waals surface area (Å²) in [4.78, 5) is 2.30. The van der Waals surface area contributed by atoms with Crippen LogP contribution < -0.4 is 0 Å². The van der Waals surface area contributed by atoms with Crippen LogP contribution in [0.3, 0.4) is 0 Å². The van der Waals surface area contributed by atoms with Crippen LogP contribution in [0.5, 0.6) is 0 Å². The first-order valence-corrected chi connectivity index (χ1v) is 5.55. The van der Waals surface area contributed by atoms with E-state index in [0.29, 0.717) is 5.25 Å². The number of likely N-dealkylation sites (tertiary alicyclic amines) is 1. The molecule has 0 aromatic heterocycles. The van der Waals surface area contributed by atoms with Crippen LogP contribution in [-0.2, 0) is 11.4 Å². The number of hydrogen-bond acceptors (Lipinski definition) is 3. The molecule has 0 amide bonds. The van der Waals surface area contributed by atoms with Crippen molar-refractivity contribution in [1.29, 1.82) is 0 Å². The van der Waals surface area contributed by atoms with Crippen LogP contribution >= 0.6 is 0 Å². The molecule has 1 aliphatic heterocycles. The molecule has 4 heteroatoms. The highest BCUT2D eigenvalue weighted by Crippen LogP contribution is 2.18. The standard InChI is InChI=1S/C8H18N2OS/c1-9(2)12(11)8-4-6-10(3)7-5-8/h8H,4-7H2,1-3H3. The zero-order valence-corrected chi connectivity index (χ0v) is 8.93. The molecule has 0 radical (unpaired) electrons. The van der Waals surface area contributed by atoms with E-state index in [4.69, 9.17) is 0 Å². The van der Waals surface area contributed by atoms with Gasteiger partial charge in [-0.2, -0.15) is 0 Å². The van der Waals surface area contributed by atoms with Crippen LogP contribution in [0.4, 0.5) is 0 Å². The van der Waals surface area contributed by atoms with Gasteiger partial charge in [-0.05, 0) is 7.05 Å². The normalized spacial score (nSPS) is 24.8. The van der Waals surface area contributed by atoms with Gasteiger partial charge in [0.05, 0.1) is 0 Å². The van der Waals surface area contributed by atoms with Crippen LogP contribution in [0, 0.1) is 0 Å². The van der Waals surface area contributed by atoms with Crippen molar-refractivity contribution in [3.8, 4) is 0 Å². The van der Waals surface area contributed by atoms with E-state index in [1.807, 2.05) is 18.4 Å². The number of hydrogen-bond donors (Lipinski definition) is 0. The van der Waals surface area contributed by atoms with Crippen LogP contribution in [-0.4, -0.2) is 53.2 Å². The highest BCUT2D eigenvalue weighted by atomic mass is 32.2. The first kappa shape index (κ1) is 10.3.